The van der Waals surface area contributed by atoms with Gasteiger partial charge in [0.25, 0.3) is 0 Å². The second-order valence-corrected chi connectivity index (χ2v) is 4.95. The van der Waals surface area contributed by atoms with Gasteiger partial charge in [-0.05, 0) is 31.9 Å². The Labute approximate surface area is 121 Å². The Hall–Kier alpha value is -1.68. The Balaban J connectivity index is 2.01. The monoisotopic (exact) mass is 272 g/mol. The van der Waals surface area contributed by atoms with E-state index in [1.165, 1.54) is 5.56 Å². The summed E-state index contributed by atoms with van der Waals surface area (Å²) in [4.78, 5) is 4.36. The van der Waals surface area contributed by atoms with Crippen LogP contribution in [0.25, 0.3) is 0 Å². The van der Waals surface area contributed by atoms with Crippen LogP contribution in [-0.4, -0.2) is 21.3 Å². The summed E-state index contributed by atoms with van der Waals surface area (Å²) in [5.74, 6) is 1.08. The molecule has 108 valence electrons. The molecule has 1 unspecified atom stereocenters. The molecule has 0 radical (unpaired) electrons. The highest BCUT2D eigenvalue weighted by Gasteiger charge is 2.12. The molecule has 4 nitrogen and oxygen atoms in total. The number of hydrogen-bond donors (Lipinski definition) is 1. The third-order valence-corrected chi connectivity index (χ3v) is 3.49. The molecule has 1 heterocycles. The van der Waals surface area contributed by atoms with Crippen molar-refractivity contribution < 1.29 is 0 Å². The first-order valence-electron chi connectivity index (χ1n) is 7.50. The van der Waals surface area contributed by atoms with E-state index < -0.39 is 0 Å². The van der Waals surface area contributed by atoms with Gasteiger partial charge in [-0.2, -0.15) is 5.10 Å². The quantitative estimate of drug-likeness (QED) is 0.803. The molecule has 0 saturated heterocycles. The highest BCUT2D eigenvalue weighted by molar-refractivity contribution is 5.19. The van der Waals surface area contributed by atoms with Crippen molar-refractivity contribution in [1.82, 2.24) is 20.1 Å². The van der Waals surface area contributed by atoms with Gasteiger partial charge in [0.15, 0.2) is 0 Å². The van der Waals surface area contributed by atoms with E-state index in [-0.39, 0.29) is 0 Å². The zero-order chi connectivity index (χ0) is 14.2. The first kappa shape index (κ1) is 14.7. The second kappa shape index (κ2) is 7.80. The van der Waals surface area contributed by atoms with Crippen LogP contribution >= 0.6 is 0 Å². The Bertz CT molecular complexity index is 492. The topological polar surface area (TPSA) is 42.7 Å². The van der Waals surface area contributed by atoms with Crippen molar-refractivity contribution in [1.29, 1.82) is 0 Å². The molecular weight excluding hydrogens is 248 g/mol. The predicted octanol–water partition coefficient (Wildman–Crippen LogP) is 2.97. The molecule has 0 bridgehead atoms. The van der Waals surface area contributed by atoms with E-state index in [4.69, 9.17) is 0 Å². The molecule has 2 rings (SSSR count). The molecule has 4 heteroatoms. The standard InChI is InChI=1S/C16H24N4/c1-3-12-17-15(14-8-6-5-7-9-14)10-11-16-18-13-19-20(16)4-2/h5-9,13,15,17H,3-4,10-12H2,1-2H3. The lowest BCUT2D eigenvalue weighted by Crippen LogP contribution is -2.23. The lowest BCUT2D eigenvalue weighted by Gasteiger charge is -2.19. The molecule has 0 spiro atoms. The van der Waals surface area contributed by atoms with Crippen molar-refractivity contribution in [3.63, 3.8) is 0 Å². The van der Waals surface area contributed by atoms with Gasteiger partial charge in [-0.3, -0.25) is 4.68 Å². The maximum Gasteiger partial charge on any atom is 0.138 e. The van der Waals surface area contributed by atoms with Gasteiger partial charge < -0.3 is 5.32 Å². The van der Waals surface area contributed by atoms with Crippen LogP contribution in [0.2, 0.25) is 0 Å². The van der Waals surface area contributed by atoms with Gasteiger partial charge in [-0.1, -0.05) is 37.3 Å². The van der Waals surface area contributed by atoms with Crippen molar-refractivity contribution in [2.75, 3.05) is 6.54 Å². The summed E-state index contributed by atoms with van der Waals surface area (Å²) < 4.78 is 1.97. The zero-order valence-electron chi connectivity index (χ0n) is 12.4. The van der Waals surface area contributed by atoms with E-state index in [2.05, 4.69) is 59.6 Å². The average Bonchev–Trinajstić information content (AvgIpc) is 2.96. The number of hydrogen-bond acceptors (Lipinski definition) is 3. The van der Waals surface area contributed by atoms with Crippen LogP contribution < -0.4 is 5.32 Å². The maximum absolute atomic E-state index is 4.36. The van der Waals surface area contributed by atoms with Crippen LogP contribution in [0.1, 0.15) is 44.1 Å². The first-order chi connectivity index (χ1) is 9.85. The third kappa shape index (κ3) is 3.90. The molecule has 0 aliphatic carbocycles. The lowest BCUT2D eigenvalue weighted by molar-refractivity contribution is 0.484. The number of aromatic nitrogens is 3. The molecule has 0 aliphatic heterocycles. The van der Waals surface area contributed by atoms with E-state index in [1.807, 2.05) is 4.68 Å². The van der Waals surface area contributed by atoms with Crippen molar-refractivity contribution >= 4 is 0 Å². The Morgan fingerprint density at radius 2 is 2.00 bits per heavy atom. The molecule has 0 saturated carbocycles. The summed E-state index contributed by atoms with van der Waals surface area (Å²) in [5, 5.41) is 7.86. The van der Waals surface area contributed by atoms with Crippen LogP contribution in [0.5, 0.6) is 0 Å². The normalized spacial score (nSPS) is 12.5. The third-order valence-electron chi connectivity index (χ3n) is 3.49. The Morgan fingerprint density at radius 3 is 2.70 bits per heavy atom. The second-order valence-electron chi connectivity index (χ2n) is 4.95. The Morgan fingerprint density at radius 1 is 1.20 bits per heavy atom. The Kier molecular flexibility index (Phi) is 5.74. The highest BCUT2D eigenvalue weighted by Crippen LogP contribution is 2.18. The van der Waals surface area contributed by atoms with Gasteiger partial charge in [-0.15, -0.1) is 0 Å². The molecule has 1 aromatic carbocycles. The summed E-state index contributed by atoms with van der Waals surface area (Å²) >= 11 is 0. The minimum Gasteiger partial charge on any atom is -0.310 e. The molecular formula is C16H24N4. The number of nitrogens with one attached hydrogen (secondary N) is 1. The van der Waals surface area contributed by atoms with Crippen molar-refractivity contribution in [3.8, 4) is 0 Å². The number of aryl methyl sites for hydroxylation is 2. The maximum atomic E-state index is 4.36. The van der Waals surface area contributed by atoms with Gasteiger partial charge in [-0.25, -0.2) is 4.98 Å². The predicted molar refractivity (Wildman–Crippen MR) is 81.5 cm³/mol. The van der Waals surface area contributed by atoms with Crippen LogP contribution in [-0.2, 0) is 13.0 Å². The average molecular weight is 272 g/mol. The fraction of sp³-hybridized carbons (Fsp3) is 0.500. The van der Waals surface area contributed by atoms with Crippen molar-refractivity contribution in [2.24, 2.45) is 0 Å². The summed E-state index contributed by atoms with van der Waals surface area (Å²) in [6.45, 7) is 6.22. The minimum absolute atomic E-state index is 0.387. The van der Waals surface area contributed by atoms with E-state index >= 15 is 0 Å². The van der Waals surface area contributed by atoms with E-state index in [1.54, 1.807) is 6.33 Å². The van der Waals surface area contributed by atoms with Crippen LogP contribution in [0.15, 0.2) is 36.7 Å². The molecule has 2 aromatic rings. The molecule has 1 atom stereocenters. The summed E-state index contributed by atoms with van der Waals surface area (Å²) in [7, 11) is 0. The smallest absolute Gasteiger partial charge is 0.138 e. The fourth-order valence-corrected chi connectivity index (χ4v) is 2.41. The molecule has 0 amide bonds. The molecule has 20 heavy (non-hydrogen) atoms. The summed E-state index contributed by atoms with van der Waals surface area (Å²) in [5.41, 5.74) is 1.35. The molecule has 1 N–H and O–H groups in total. The van der Waals surface area contributed by atoms with Crippen LogP contribution in [0, 0.1) is 0 Å². The zero-order valence-corrected chi connectivity index (χ0v) is 12.4. The SMILES string of the molecule is CCCNC(CCc1ncnn1CC)c1ccccc1. The van der Waals surface area contributed by atoms with Crippen molar-refractivity contribution in [3.05, 3.63) is 48.0 Å². The summed E-state index contributed by atoms with van der Waals surface area (Å²) in [6.07, 6.45) is 4.79. The van der Waals surface area contributed by atoms with Gasteiger partial charge >= 0.3 is 0 Å². The van der Waals surface area contributed by atoms with E-state index in [0.717, 1.165) is 38.2 Å². The largest absolute Gasteiger partial charge is 0.310 e. The fourth-order valence-electron chi connectivity index (χ4n) is 2.41. The van der Waals surface area contributed by atoms with E-state index in [0.29, 0.717) is 6.04 Å². The number of benzene rings is 1. The molecule has 0 fully saturated rings. The van der Waals surface area contributed by atoms with Gasteiger partial charge in [0.2, 0.25) is 0 Å². The first-order valence-corrected chi connectivity index (χ1v) is 7.50. The van der Waals surface area contributed by atoms with Gasteiger partial charge in [0.05, 0.1) is 0 Å². The van der Waals surface area contributed by atoms with Gasteiger partial charge in [0, 0.05) is 19.0 Å². The lowest BCUT2D eigenvalue weighted by atomic mass is 10.0. The highest BCUT2D eigenvalue weighted by atomic mass is 15.3. The van der Waals surface area contributed by atoms with Crippen LogP contribution in [0.4, 0.5) is 0 Å². The molecule has 0 aliphatic rings. The van der Waals surface area contributed by atoms with E-state index in [9.17, 15) is 0 Å². The summed E-state index contributed by atoms with van der Waals surface area (Å²) in [6, 6.07) is 11.0. The minimum atomic E-state index is 0.387. The van der Waals surface area contributed by atoms with Crippen molar-refractivity contribution in [2.45, 2.75) is 45.7 Å². The van der Waals surface area contributed by atoms with Crippen LogP contribution in [0.3, 0.4) is 0 Å². The number of rotatable bonds is 8. The van der Waals surface area contributed by atoms with Gasteiger partial charge in [0.1, 0.15) is 12.2 Å². The number of nitrogens with zero attached hydrogens (tertiary/aromatic N) is 3. The molecule has 1 aromatic heterocycles.